The second kappa shape index (κ2) is 6.02. The van der Waals surface area contributed by atoms with Crippen molar-refractivity contribution in [3.05, 3.63) is 46.1 Å². The Kier molecular flexibility index (Phi) is 3.84. The first-order valence-corrected chi connectivity index (χ1v) is 8.61. The highest BCUT2D eigenvalue weighted by Gasteiger charge is 2.38. The highest BCUT2D eigenvalue weighted by Crippen LogP contribution is 2.41. The number of hydrogen-bond donors (Lipinski definition) is 1. The lowest BCUT2D eigenvalue weighted by Crippen LogP contribution is -2.34. The number of benzene rings is 1. The summed E-state index contributed by atoms with van der Waals surface area (Å²) in [6.07, 6.45) is 3.60. The Labute approximate surface area is 144 Å². The first-order valence-electron chi connectivity index (χ1n) is 8.24. The van der Waals surface area contributed by atoms with Gasteiger partial charge in [0.05, 0.1) is 0 Å². The first kappa shape index (κ1) is 15.3. The van der Waals surface area contributed by atoms with Gasteiger partial charge in [-0.3, -0.25) is 4.79 Å². The van der Waals surface area contributed by atoms with Crippen molar-refractivity contribution in [2.24, 2.45) is 5.92 Å². The third-order valence-electron chi connectivity index (χ3n) is 4.75. The number of ketones is 1. The van der Waals surface area contributed by atoms with Crippen molar-refractivity contribution in [2.75, 3.05) is 5.32 Å². The molecule has 0 saturated carbocycles. The Morgan fingerprint density at radius 2 is 2.08 bits per heavy atom. The fourth-order valence-electron chi connectivity index (χ4n) is 3.72. The molecule has 4 rings (SSSR count). The van der Waals surface area contributed by atoms with E-state index in [1.165, 1.54) is 0 Å². The highest BCUT2D eigenvalue weighted by atomic mass is 35.5. The number of nitrogens with one attached hydrogen (secondary N) is 1. The lowest BCUT2D eigenvalue weighted by atomic mass is 9.79. The van der Waals surface area contributed by atoms with Crippen molar-refractivity contribution in [3.8, 4) is 0 Å². The van der Waals surface area contributed by atoms with E-state index in [0.29, 0.717) is 23.3 Å². The second-order valence-electron chi connectivity index (χ2n) is 6.40. The van der Waals surface area contributed by atoms with E-state index in [1.807, 2.05) is 24.3 Å². The second-order valence-corrected chi connectivity index (χ2v) is 6.84. The van der Waals surface area contributed by atoms with Gasteiger partial charge in [-0.1, -0.05) is 42.2 Å². The molecular formula is C17H18ClN5O. The molecule has 24 heavy (non-hydrogen) atoms. The summed E-state index contributed by atoms with van der Waals surface area (Å²) >= 11 is 6.01. The molecule has 124 valence electrons. The fourth-order valence-corrected chi connectivity index (χ4v) is 3.85. The van der Waals surface area contributed by atoms with Crippen LogP contribution in [0.3, 0.4) is 0 Å². The number of rotatable bonds is 3. The molecule has 0 unspecified atom stereocenters. The fraction of sp³-hybridized carbons (Fsp3) is 0.412. The van der Waals surface area contributed by atoms with E-state index in [4.69, 9.17) is 11.6 Å². The molecule has 0 amide bonds. The number of tetrazole rings is 1. The average Bonchev–Trinajstić information content (AvgIpc) is 3.02. The summed E-state index contributed by atoms with van der Waals surface area (Å²) in [7, 11) is 0. The van der Waals surface area contributed by atoms with Crippen LogP contribution in [0.4, 0.5) is 5.95 Å². The van der Waals surface area contributed by atoms with Crippen LogP contribution in [0, 0.1) is 5.92 Å². The van der Waals surface area contributed by atoms with Crippen molar-refractivity contribution in [1.29, 1.82) is 0 Å². The molecule has 2 aliphatic rings. The van der Waals surface area contributed by atoms with Crippen molar-refractivity contribution < 1.29 is 4.79 Å². The zero-order valence-electron chi connectivity index (χ0n) is 13.4. The van der Waals surface area contributed by atoms with Gasteiger partial charge in [-0.05, 0) is 46.9 Å². The van der Waals surface area contributed by atoms with Gasteiger partial charge in [0, 0.05) is 22.7 Å². The van der Waals surface area contributed by atoms with Crippen LogP contribution in [0.25, 0.3) is 0 Å². The van der Waals surface area contributed by atoms with Crippen LogP contribution < -0.4 is 5.32 Å². The largest absolute Gasteiger partial charge is 0.326 e. The van der Waals surface area contributed by atoms with E-state index < -0.39 is 0 Å². The third kappa shape index (κ3) is 2.51. The molecule has 0 saturated heterocycles. The molecule has 7 heteroatoms. The van der Waals surface area contributed by atoms with E-state index in [-0.39, 0.29) is 11.8 Å². The van der Waals surface area contributed by atoms with Gasteiger partial charge in [-0.15, -0.1) is 0 Å². The number of allylic oxidation sites excluding steroid dienone is 2. The minimum atomic E-state index is -0.293. The van der Waals surface area contributed by atoms with Crippen molar-refractivity contribution >= 4 is 23.3 Å². The molecule has 0 spiro atoms. The highest BCUT2D eigenvalue weighted by molar-refractivity contribution is 6.30. The molecule has 0 radical (unpaired) electrons. The summed E-state index contributed by atoms with van der Waals surface area (Å²) in [5.41, 5.74) is 2.71. The summed E-state index contributed by atoms with van der Waals surface area (Å²) < 4.78 is 1.68. The van der Waals surface area contributed by atoms with Gasteiger partial charge < -0.3 is 5.32 Å². The average molecular weight is 344 g/mol. The SMILES string of the molecule is CCC[C@@H]1CC(=O)C2=C(C1)Nc1nnnn1[C@H]2c1ccc(Cl)cc1. The van der Waals surface area contributed by atoms with E-state index >= 15 is 0 Å². The maximum atomic E-state index is 12.9. The number of anilines is 1. The smallest absolute Gasteiger partial charge is 0.248 e. The van der Waals surface area contributed by atoms with Gasteiger partial charge in [0.15, 0.2) is 5.78 Å². The van der Waals surface area contributed by atoms with Crippen LogP contribution in [-0.2, 0) is 4.79 Å². The molecule has 1 aliphatic carbocycles. The maximum absolute atomic E-state index is 12.9. The minimum absolute atomic E-state index is 0.184. The molecule has 0 bridgehead atoms. The van der Waals surface area contributed by atoms with E-state index in [9.17, 15) is 4.79 Å². The normalized spacial score (nSPS) is 22.8. The molecule has 1 aromatic carbocycles. The Bertz CT molecular complexity index is 811. The van der Waals surface area contributed by atoms with Crippen LogP contribution in [0.15, 0.2) is 35.5 Å². The summed E-state index contributed by atoms with van der Waals surface area (Å²) in [4.78, 5) is 12.9. The van der Waals surface area contributed by atoms with Crippen LogP contribution in [-0.4, -0.2) is 26.0 Å². The van der Waals surface area contributed by atoms with Crippen molar-refractivity contribution in [2.45, 2.75) is 38.6 Å². The number of carbonyl (C=O) groups is 1. The molecule has 1 aliphatic heterocycles. The van der Waals surface area contributed by atoms with Crippen molar-refractivity contribution in [3.63, 3.8) is 0 Å². The molecule has 0 fully saturated rings. The van der Waals surface area contributed by atoms with Crippen LogP contribution in [0.1, 0.15) is 44.2 Å². The summed E-state index contributed by atoms with van der Waals surface area (Å²) in [6, 6.07) is 7.23. The predicted octanol–water partition coefficient (Wildman–Crippen LogP) is 3.37. The van der Waals surface area contributed by atoms with Gasteiger partial charge >= 0.3 is 0 Å². The standard InChI is InChI=1S/C17H18ClN5O/c1-2-3-10-8-13-15(14(24)9-10)16(11-4-6-12(18)7-5-11)23-17(19-13)20-21-22-23/h4-7,10,16H,2-3,8-9H2,1H3,(H,19,20,22)/t10-,16-/m0/s1. The number of aromatic nitrogens is 4. The monoisotopic (exact) mass is 343 g/mol. The predicted molar refractivity (Wildman–Crippen MR) is 90.7 cm³/mol. The Hall–Kier alpha value is -2.21. The lowest BCUT2D eigenvalue weighted by molar-refractivity contribution is -0.117. The van der Waals surface area contributed by atoms with E-state index in [1.54, 1.807) is 4.68 Å². The molecule has 1 aromatic heterocycles. The van der Waals surface area contributed by atoms with E-state index in [2.05, 4.69) is 27.8 Å². The van der Waals surface area contributed by atoms with Gasteiger partial charge in [0.2, 0.25) is 5.95 Å². The number of halogens is 1. The summed E-state index contributed by atoms with van der Waals surface area (Å²) in [6.45, 7) is 2.15. The van der Waals surface area contributed by atoms with Crippen LogP contribution >= 0.6 is 11.6 Å². The topological polar surface area (TPSA) is 72.7 Å². The van der Waals surface area contributed by atoms with Crippen molar-refractivity contribution in [1.82, 2.24) is 20.2 Å². The first-order chi connectivity index (χ1) is 11.7. The van der Waals surface area contributed by atoms with Gasteiger partial charge in [-0.25, -0.2) is 0 Å². The number of carbonyl (C=O) groups excluding carboxylic acids is 1. The zero-order chi connectivity index (χ0) is 16.7. The van der Waals surface area contributed by atoms with E-state index in [0.717, 1.165) is 36.1 Å². The Morgan fingerprint density at radius 3 is 2.83 bits per heavy atom. The summed E-state index contributed by atoms with van der Waals surface area (Å²) in [5, 5.41) is 15.9. The van der Waals surface area contributed by atoms with Gasteiger partial charge in [0.25, 0.3) is 0 Å². The number of fused-ring (bicyclic) bond motifs is 1. The molecule has 1 N–H and O–H groups in total. The zero-order valence-corrected chi connectivity index (χ0v) is 14.1. The lowest BCUT2D eigenvalue weighted by Gasteiger charge is -2.34. The maximum Gasteiger partial charge on any atom is 0.248 e. The quantitative estimate of drug-likeness (QED) is 0.924. The number of nitrogens with zero attached hydrogens (tertiary/aromatic N) is 4. The third-order valence-corrected chi connectivity index (χ3v) is 5.00. The number of Topliss-reactive ketones (excluding diaryl/α,β-unsaturated/α-hetero) is 1. The molecule has 6 nitrogen and oxygen atoms in total. The minimum Gasteiger partial charge on any atom is -0.326 e. The molecular weight excluding hydrogens is 326 g/mol. The van der Waals surface area contributed by atoms with Gasteiger partial charge in [0.1, 0.15) is 6.04 Å². The van der Waals surface area contributed by atoms with Crippen LogP contribution in [0.2, 0.25) is 5.02 Å². The van der Waals surface area contributed by atoms with Gasteiger partial charge in [-0.2, -0.15) is 4.68 Å². The summed E-state index contributed by atoms with van der Waals surface area (Å²) in [5.74, 6) is 1.16. The number of hydrogen-bond acceptors (Lipinski definition) is 5. The Balaban J connectivity index is 1.81. The molecule has 2 atom stereocenters. The molecule has 2 heterocycles. The van der Waals surface area contributed by atoms with Crippen LogP contribution in [0.5, 0.6) is 0 Å². The molecule has 2 aromatic rings. The Morgan fingerprint density at radius 1 is 1.29 bits per heavy atom.